The summed E-state index contributed by atoms with van der Waals surface area (Å²) in [7, 11) is -2.45. The van der Waals surface area contributed by atoms with E-state index in [1.807, 2.05) is 5.32 Å². The maximum absolute atomic E-state index is 14.1. The minimum atomic E-state index is -2.95. The van der Waals surface area contributed by atoms with Gasteiger partial charge in [-0.3, -0.25) is 4.79 Å². The zero-order chi connectivity index (χ0) is 26.7. The maximum Gasteiger partial charge on any atom is 0.264 e. The van der Waals surface area contributed by atoms with Crippen LogP contribution in [-0.2, 0) is 14.5 Å². The highest BCUT2D eigenvalue weighted by atomic mass is 32.2. The molecule has 198 valence electrons. The lowest BCUT2D eigenvalue weighted by molar-refractivity contribution is -0.124. The van der Waals surface area contributed by atoms with Gasteiger partial charge in [-0.05, 0) is 37.6 Å². The van der Waals surface area contributed by atoms with Gasteiger partial charge in [0.15, 0.2) is 6.61 Å². The molecule has 1 fully saturated rings. The molecule has 1 aliphatic heterocycles. The molecule has 2 heterocycles. The number of anilines is 2. The third-order valence-electron chi connectivity index (χ3n) is 5.51. The van der Waals surface area contributed by atoms with Gasteiger partial charge in [0.2, 0.25) is 0 Å². The van der Waals surface area contributed by atoms with Gasteiger partial charge < -0.3 is 15.4 Å². The van der Waals surface area contributed by atoms with Crippen LogP contribution >= 0.6 is 0 Å². The van der Waals surface area contributed by atoms with E-state index in [4.69, 9.17) is 4.74 Å². The molecule has 0 radical (unpaired) electrons. The SMILES string of the molecule is CC(NC(=O)COc1cc(F)ccc1Nc1ncnc2cc(N=S3(=O)CCC3)cc(C(F)F)c12)C(F)F. The summed E-state index contributed by atoms with van der Waals surface area (Å²) in [6.45, 7) is 0.411. The van der Waals surface area contributed by atoms with Crippen molar-refractivity contribution in [3.05, 3.63) is 48.0 Å². The van der Waals surface area contributed by atoms with E-state index in [1.165, 1.54) is 12.1 Å². The fraction of sp³-hybridized carbons (Fsp3) is 0.348. The van der Waals surface area contributed by atoms with Crippen LogP contribution < -0.4 is 15.4 Å². The Labute approximate surface area is 208 Å². The number of amides is 1. The van der Waals surface area contributed by atoms with E-state index in [2.05, 4.69) is 19.6 Å². The van der Waals surface area contributed by atoms with Crippen LogP contribution in [0.15, 0.2) is 41.0 Å². The predicted octanol–water partition coefficient (Wildman–Crippen LogP) is 5.10. The fourth-order valence-corrected chi connectivity index (χ4v) is 5.00. The fourth-order valence-electron chi connectivity index (χ4n) is 3.55. The summed E-state index contributed by atoms with van der Waals surface area (Å²) in [6.07, 6.45) is -3.86. The van der Waals surface area contributed by atoms with Crippen LogP contribution in [0.25, 0.3) is 10.9 Å². The zero-order valence-electron chi connectivity index (χ0n) is 19.4. The maximum atomic E-state index is 14.1. The van der Waals surface area contributed by atoms with Crippen LogP contribution in [0.5, 0.6) is 5.75 Å². The van der Waals surface area contributed by atoms with Gasteiger partial charge in [0.25, 0.3) is 18.8 Å². The molecule has 14 heteroatoms. The molecule has 4 rings (SSSR count). The molecule has 0 bridgehead atoms. The number of rotatable bonds is 9. The number of nitrogens with zero attached hydrogens (tertiary/aromatic N) is 3. The first-order valence-corrected chi connectivity index (χ1v) is 13.0. The highest BCUT2D eigenvalue weighted by Crippen LogP contribution is 2.38. The van der Waals surface area contributed by atoms with Crippen LogP contribution in [0.2, 0.25) is 0 Å². The first-order valence-electron chi connectivity index (χ1n) is 11.1. The third-order valence-corrected chi connectivity index (χ3v) is 7.91. The molecule has 3 aromatic rings. The summed E-state index contributed by atoms with van der Waals surface area (Å²) in [5.74, 6) is -1.03. The molecule has 2 aromatic carbocycles. The molecular formula is C23H22F5N5O3S. The Kier molecular flexibility index (Phi) is 7.76. The number of aromatic nitrogens is 2. The van der Waals surface area contributed by atoms with E-state index in [9.17, 15) is 31.0 Å². The smallest absolute Gasteiger partial charge is 0.264 e. The second-order valence-electron chi connectivity index (χ2n) is 8.32. The summed E-state index contributed by atoms with van der Waals surface area (Å²) < 4.78 is 89.3. The molecule has 8 nitrogen and oxygen atoms in total. The Morgan fingerprint density at radius 3 is 2.57 bits per heavy atom. The normalized spacial score (nSPS) is 15.4. The van der Waals surface area contributed by atoms with E-state index < -0.39 is 52.5 Å². The lowest BCUT2D eigenvalue weighted by atomic mass is 10.1. The van der Waals surface area contributed by atoms with Crippen molar-refractivity contribution in [3.8, 4) is 5.75 Å². The third kappa shape index (κ3) is 6.24. The second kappa shape index (κ2) is 10.8. The molecule has 1 atom stereocenters. The summed E-state index contributed by atoms with van der Waals surface area (Å²) in [4.78, 5) is 20.0. The number of fused-ring (bicyclic) bond motifs is 1. The largest absolute Gasteiger partial charge is 0.481 e. The average Bonchev–Trinajstić information content (AvgIpc) is 2.82. The Balaban J connectivity index is 1.66. The van der Waals surface area contributed by atoms with Gasteiger partial charge in [-0.2, -0.15) is 4.36 Å². The van der Waals surface area contributed by atoms with Gasteiger partial charge in [-0.25, -0.2) is 36.1 Å². The van der Waals surface area contributed by atoms with Crippen LogP contribution in [-0.4, -0.2) is 50.7 Å². The summed E-state index contributed by atoms with van der Waals surface area (Å²) in [5.41, 5.74) is -0.151. The number of alkyl halides is 4. The molecule has 0 saturated carbocycles. The van der Waals surface area contributed by atoms with E-state index in [1.54, 1.807) is 0 Å². The van der Waals surface area contributed by atoms with Crippen LogP contribution in [0.3, 0.4) is 0 Å². The van der Waals surface area contributed by atoms with Crippen molar-refractivity contribution >= 4 is 43.7 Å². The Morgan fingerprint density at radius 1 is 1.16 bits per heavy atom. The number of carbonyl (C=O) groups is 1. The highest BCUT2D eigenvalue weighted by Gasteiger charge is 2.23. The van der Waals surface area contributed by atoms with Gasteiger partial charge >= 0.3 is 0 Å². The first-order chi connectivity index (χ1) is 17.5. The molecule has 0 spiro atoms. The number of halogens is 5. The second-order valence-corrected chi connectivity index (χ2v) is 10.9. The van der Waals surface area contributed by atoms with Gasteiger partial charge in [0.05, 0.1) is 38.0 Å². The number of benzene rings is 2. The minimum absolute atomic E-state index is 0.0428. The molecule has 1 saturated heterocycles. The summed E-state index contributed by atoms with van der Waals surface area (Å²) in [6, 6.07) is 4.39. The molecule has 1 aromatic heterocycles. The zero-order valence-corrected chi connectivity index (χ0v) is 20.2. The van der Waals surface area contributed by atoms with Crippen LogP contribution in [0, 0.1) is 5.82 Å². The Morgan fingerprint density at radius 2 is 1.92 bits per heavy atom. The van der Waals surface area contributed by atoms with Crippen molar-refractivity contribution < 1.29 is 35.7 Å². The lowest BCUT2D eigenvalue weighted by Crippen LogP contribution is -2.40. The highest BCUT2D eigenvalue weighted by molar-refractivity contribution is 7.95. The number of hydrogen-bond donors (Lipinski definition) is 2. The number of nitrogens with one attached hydrogen (secondary N) is 2. The molecule has 2 N–H and O–H groups in total. The molecule has 0 aliphatic carbocycles. The van der Waals surface area contributed by atoms with Gasteiger partial charge in [0, 0.05) is 23.1 Å². The van der Waals surface area contributed by atoms with Crippen molar-refractivity contribution in [1.82, 2.24) is 15.3 Å². The molecular weight excluding hydrogens is 521 g/mol. The quantitative estimate of drug-likeness (QED) is 0.364. The van der Waals surface area contributed by atoms with Crippen molar-refractivity contribution in [2.45, 2.75) is 32.2 Å². The molecule has 1 amide bonds. The molecule has 1 aliphatic rings. The topological polar surface area (TPSA) is 106 Å². The Hall–Kier alpha value is -3.55. The van der Waals surface area contributed by atoms with E-state index >= 15 is 0 Å². The van der Waals surface area contributed by atoms with Crippen molar-refractivity contribution in [1.29, 1.82) is 0 Å². The van der Waals surface area contributed by atoms with E-state index in [0.29, 0.717) is 11.5 Å². The van der Waals surface area contributed by atoms with E-state index in [0.717, 1.165) is 37.9 Å². The first kappa shape index (κ1) is 26.5. The minimum Gasteiger partial charge on any atom is -0.481 e. The van der Waals surface area contributed by atoms with Crippen molar-refractivity contribution in [2.24, 2.45) is 4.36 Å². The average molecular weight is 544 g/mol. The molecule has 1 unspecified atom stereocenters. The standard InChI is InChI=1S/C23H22F5N5O3S/c1-12(21(25)26)31-19(34)10-36-18-7-13(24)3-4-16(18)32-23-20-15(22(27)28)8-14(9-17(20)29-11-30-23)33-37(35)5-2-6-37/h3-4,7-9,11-12,21-22H,2,5-6,10H2,1H3,(H,31,34)(H,29,30,32). The number of carbonyl (C=O) groups excluding carboxylic acids is 1. The van der Waals surface area contributed by atoms with Crippen LogP contribution in [0.1, 0.15) is 25.3 Å². The van der Waals surface area contributed by atoms with Gasteiger partial charge in [-0.15, -0.1) is 0 Å². The van der Waals surface area contributed by atoms with E-state index in [-0.39, 0.29) is 33.8 Å². The van der Waals surface area contributed by atoms with Crippen molar-refractivity contribution in [2.75, 3.05) is 23.4 Å². The summed E-state index contributed by atoms with van der Waals surface area (Å²) in [5, 5.41) is 4.80. The lowest BCUT2D eigenvalue weighted by Gasteiger charge is -2.19. The molecule has 37 heavy (non-hydrogen) atoms. The number of ether oxygens (including phenoxy) is 1. The monoisotopic (exact) mass is 543 g/mol. The summed E-state index contributed by atoms with van der Waals surface area (Å²) >= 11 is 0. The Bertz CT molecular complexity index is 1440. The van der Waals surface area contributed by atoms with Gasteiger partial charge in [0.1, 0.15) is 23.7 Å². The van der Waals surface area contributed by atoms with Crippen LogP contribution in [0.4, 0.5) is 39.1 Å². The van der Waals surface area contributed by atoms with Crippen molar-refractivity contribution in [3.63, 3.8) is 0 Å². The predicted molar refractivity (Wildman–Crippen MR) is 128 cm³/mol. The number of hydrogen-bond acceptors (Lipinski definition) is 7. The van der Waals surface area contributed by atoms with Gasteiger partial charge in [-0.1, -0.05) is 0 Å².